The summed E-state index contributed by atoms with van der Waals surface area (Å²) in [6.45, 7) is 4.21. The van der Waals surface area contributed by atoms with E-state index in [1.54, 1.807) is 22.2 Å². The van der Waals surface area contributed by atoms with E-state index >= 15 is 0 Å². The van der Waals surface area contributed by atoms with Gasteiger partial charge in [-0.2, -0.15) is 0 Å². The van der Waals surface area contributed by atoms with Gasteiger partial charge >= 0.3 is 0 Å². The third-order valence-corrected chi connectivity index (χ3v) is 7.13. The second-order valence-corrected chi connectivity index (χ2v) is 9.27. The summed E-state index contributed by atoms with van der Waals surface area (Å²) in [5, 5.41) is 8.95. The lowest BCUT2D eigenvalue weighted by molar-refractivity contribution is -0.145. The van der Waals surface area contributed by atoms with Gasteiger partial charge in [0.2, 0.25) is 12.0 Å². The Morgan fingerprint density at radius 2 is 1.71 bits per heavy atom. The lowest BCUT2D eigenvalue weighted by Crippen LogP contribution is -2.55. The molecule has 0 radical (unpaired) electrons. The summed E-state index contributed by atoms with van der Waals surface area (Å²) < 4.78 is 13.5. The molecule has 35 heavy (non-hydrogen) atoms. The minimum absolute atomic E-state index is 0.0200. The lowest BCUT2D eigenvalue weighted by atomic mass is 10.1. The van der Waals surface area contributed by atoms with E-state index in [1.807, 2.05) is 41.0 Å². The van der Waals surface area contributed by atoms with Crippen LogP contribution in [0.2, 0.25) is 0 Å². The van der Waals surface area contributed by atoms with Crippen molar-refractivity contribution in [1.82, 2.24) is 24.6 Å². The fraction of sp³-hybridized carbons (Fsp3) is 0.360. The van der Waals surface area contributed by atoms with Crippen LogP contribution in [0.25, 0.3) is 5.69 Å². The van der Waals surface area contributed by atoms with E-state index in [0.717, 1.165) is 12.1 Å². The summed E-state index contributed by atoms with van der Waals surface area (Å²) in [7, 11) is 0. The van der Waals surface area contributed by atoms with Crippen molar-refractivity contribution in [3.8, 4) is 17.2 Å². The molecule has 0 bridgehead atoms. The highest BCUT2D eigenvalue weighted by Gasteiger charge is 2.33. The van der Waals surface area contributed by atoms with E-state index in [-0.39, 0.29) is 24.2 Å². The molecule has 2 aliphatic rings. The van der Waals surface area contributed by atoms with Crippen molar-refractivity contribution >= 4 is 23.6 Å². The van der Waals surface area contributed by atoms with E-state index in [9.17, 15) is 9.59 Å². The van der Waals surface area contributed by atoms with Crippen molar-refractivity contribution in [2.75, 3.05) is 38.5 Å². The number of nitrogens with zero attached hydrogens (tertiary/aromatic N) is 5. The highest BCUT2D eigenvalue weighted by Crippen LogP contribution is 2.31. The van der Waals surface area contributed by atoms with Gasteiger partial charge in [-0.15, -0.1) is 10.2 Å². The predicted octanol–water partition coefficient (Wildman–Crippen LogP) is 2.43. The summed E-state index contributed by atoms with van der Waals surface area (Å²) in [6, 6.07) is 15.4. The molecule has 9 nitrogen and oxygen atoms in total. The smallest absolute Gasteiger partial charge is 0.267 e. The van der Waals surface area contributed by atoms with Gasteiger partial charge in [-0.05, 0) is 30.2 Å². The van der Waals surface area contributed by atoms with Crippen molar-refractivity contribution < 1.29 is 19.1 Å². The van der Waals surface area contributed by atoms with Crippen LogP contribution in [-0.2, 0) is 16.0 Å². The van der Waals surface area contributed by atoms with Crippen LogP contribution >= 0.6 is 11.8 Å². The third kappa shape index (κ3) is 4.97. The monoisotopic (exact) mass is 493 g/mol. The van der Waals surface area contributed by atoms with Gasteiger partial charge in [-0.1, -0.05) is 49.0 Å². The maximum absolute atomic E-state index is 12.9. The van der Waals surface area contributed by atoms with Crippen molar-refractivity contribution in [2.24, 2.45) is 0 Å². The number of aromatic nitrogens is 3. The molecule has 10 heteroatoms. The quantitative estimate of drug-likeness (QED) is 0.487. The van der Waals surface area contributed by atoms with Crippen LogP contribution in [0.15, 0.2) is 60.0 Å². The number of fused-ring (bicyclic) bond motifs is 1. The number of benzene rings is 2. The first-order chi connectivity index (χ1) is 17.1. The first-order valence-electron chi connectivity index (χ1n) is 11.7. The first-order valence-corrected chi connectivity index (χ1v) is 12.7. The van der Waals surface area contributed by atoms with E-state index in [1.165, 1.54) is 17.3 Å². The Labute approximate surface area is 208 Å². The number of hydrogen-bond acceptors (Lipinski definition) is 7. The first kappa shape index (κ1) is 23.2. The summed E-state index contributed by atoms with van der Waals surface area (Å²) in [6.07, 6.45) is 1.91. The van der Waals surface area contributed by atoms with E-state index in [2.05, 4.69) is 23.2 Å². The number of carbonyl (C=O) groups is 2. The molecule has 0 spiro atoms. The van der Waals surface area contributed by atoms with Gasteiger partial charge in [0.15, 0.2) is 16.7 Å². The van der Waals surface area contributed by atoms with Gasteiger partial charge < -0.3 is 19.3 Å². The minimum atomic E-state index is -0.667. The highest BCUT2D eigenvalue weighted by atomic mass is 32.2. The number of thioether (sulfide) groups is 1. The fourth-order valence-electron chi connectivity index (χ4n) is 4.27. The molecule has 0 N–H and O–H groups in total. The van der Waals surface area contributed by atoms with Gasteiger partial charge in [-0.3, -0.25) is 14.2 Å². The number of carbonyl (C=O) groups excluding carboxylic acids is 2. The second kappa shape index (κ2) is 10.4. The van der Waals surface area contributed by atoms with Crippen LogP contribution in [0.3, 0.4) is 0 Å². The van der Waals surface area contributed by atoms with Gasteiger partial charge in [0.05, 0.1) is 11.4 Å². The Kier molecular flexibility index (Phi) is 6.89. The summed E-state index contributed by atoms with van der Waals surface area (Å²) in [5.41, 5.74) is 2.22. The van der Waals surface area contributed by atoms with E-state index in [4.69, 9.17) is 9.47 Å². The number of para-hydroxylation sites is 3. The van der Waals surface area contributed by atoms with Gasteiger partial charge in [0.1, 0.15) is 12.9 Å². The second-order valence-electron chi connectivity index (χ2n) is 8.32. The molecule has 0 aliphatic carbocycles. The Morgan fingerprint density at radius 1 is 1.00 bits per heavy atom. The summed E-state index contributed by atoms with van der Waals surface area (Å²) in [4.78, 5) is 29.4. The minimum Gasteiger partial charge on any atom is -0.485 e. The highest BCUT2D eigenvalue weighted by molar-refractivity contribution is 7.99. The van der Waals surface area contributed by atoms with E-state index in [0.29, 0.717) is 42.8 Å². The Balaban J connectivity index is 1.13. The van der Waals surface area contributed by atoms with Crippen molar-refractivity contribution in [3.05, 3.63) is 60.4 Å². The summed E-state index contributed by atoms with van der Waals surface area (Å²) in [5.74, 6) is 1.41. The fourth-order valence-corrected chi connectivity index (χ4v) is 5.10. The summed E-state index contributed by atoms with van der Waals surface area (Å²) >= 11 is 1.37. The molecule has 1 fully saturated rings. The number of aryl methyl sites for hydroxylation is 1. The number of amides is 2. The third-order valence-electron chi connectivity index (χ3n) is 6.20. The number of hydrogen-bond donors (Lipinski definition) is 0. The van der Waals surface area contributed by atoms with Crippen LogP contribution in [0.1, 0.15) is 12.5 Å². The zero-order chi connectivity index (χ0) is 24.2. The molecule has 3 aromatic rings. The Bertz CT molecular complexity index is 1210. The van der Waals surface area contributed by atoms with Crippen LogP contribution in [0, 0.1) is 0 Å². The molecule has 2 aromatic carbocycles. The van der Waals surface area contributed by atoms with Gasteiger partial charge in [-0.25, -0.2) is 0 Å². The number of piperazine rings is 1. The maximum Gasteiger partial charge on any atom is 0.267 e. The normalized spacial score (nSPS) is 17.3. The zero-order valence-corrected chi connectivity index (χ0v) is 20.3. The molecule has 2 amide bonds. The molecule has 1 aromatic heterocycles. The lowest BCUT2D eigenvalue weighted by Gasteiger charge is -2.37. The van der Waals surface area contributed by atoms with Crippen LogP contribution in [0.4, 0.5) is 0 Å². The molecule has 2 aliphatic heterocycles. The average molecular weight is 494 g/mol. The van der Waals surface area contributed by atoms with Crippen molar-refractivity contribution in [1.29, 1.82) is 0 Å². The molecule has 1 saturated heterocycles. The van der Waals surface area contributed by atoms with Crippen molar-refractivity contribution in [3.63, 3.8) is 0 Å². The van der Waals surface area contributed by atoms with Crippen LogP contribution < -0.4 is 9.47 Å². The molecular weight excluding hydrogens is 466 g/mol. The van der Waals surface area contributed by atoms with Gasteiger partial charge in [0.25, 0.3) is 5.91 Å². The molecule has 1 unspecified atom stereocenters. The molecule has 5 rings (SSSR count). The molecule has 3 heterocycles. The largest absolute Gasteiger partial charge is 0.485 e. The standard InChI is InChI=1S/C25H27N5O4S/c1-2-18-7-3-4-8-19(18)30-17-26-27-25(30)35-16-23(31)28-11-13-29(14-12-28)24(32)22-15-33-20-9-5-6-10-21(20)34-22/h3-10,17,22H,2,11-16H2,1H3. The molecule has 0 saturated carbocycles. The zero-order valence-electron chi connectivity index (χ0n) is 19.5. The Hall–Kier alpha value is -3.53. The van der Waals surface area contributed by atoms with Crippen LogP contribution in [0.5, 0.6) is 11.5 Å². The molecule has 1 atom stereocenters. The maximum atomic E-state index is 12.9. The topological polar surface area (TPSA) is 89.8 Å². The predicted molar refractivity (Wildman–Crippen MR) is 131 cm³/mol. The molecular formula is C25H27N5O4S. The Morgan fingerprint density at radius 3 is 2.51 bits per heavy atom. The average Bonchev–Trinajstić information content (AvgIpc) is 3.39. The van der Waals surface area contributed by atoms with Gasteiger partial charge in [0, 0.05) is 26.2 Å². The van der Waals surface area contributed by atoms with Crippen molar-refractivity contribution in [2.45, 2.75) is 24.6 Å². The number of ether oxygens (including phenoxy) is 2. The number of rotatable bonds is 6. The molecule has 182 valence electrons. The van der Waals surface area contributed by atoms with E-state index < -0.39 is 6.10 Å². The van der Waals surface area contributed by atoms with Crippen LogP contribution in [-0.4, -0.2) is 81.0 Å². The SMILES string of the molecule is CCc1ccccc1-n1cnnc1SCC(=O)N1CCN(C(=O)C2COc3ccccc3O2)CC1.